The van der Waals surface area contributed by atoms with Crippen LogP contribution in [-0.4, -0.2) is 161 Å². The van der Waals surface area contributed by atoms with E-state index >= 15 is 0 Å². The standard InChI is InChI=1S/C47H74N4O15/c1-28-17-15-13-11-9-7-5-6-8-10-12-14-16-18-35(65-46-45(61)42(48)44(60)31(4)64-46)24-40-36(27-50-51-49)39(57)26-47(62,66-40)25-34(54)22-38(56)37(55)20-19-32(52)21-33(53)23-41(58)63-30(3)29(2)43(28)59/h5-18,28-40,42-46,52-57,59-62H,19-27,48H2,1-4H3/b6-5+,9-7+,10-8+,13-11+,14-12+,17-15-,18-16+/t28-,29-,30-,31-,32+,33+,34-,35-,36+,37+,38+,39-,40-,42+,43+,44-,45+,46+,47+/m0/s1. The first-order chi connectivity index (χ1) is 31.2. The van der Waals surface area contributed by atoms with Crippen LogP contribution in [0, 0.1) is 17.8 Å². The molecule has 0 aromatic heterocycles. The minimum Gasteiger partial charge on any atom is -0.462 e. The summed E-state index contributed by atoms with van der Waals surface area (Å²) in [5.74, 6) is -4.50. The number of cyclic esters (lactones) is 1. The fourth-order valence-electron chi connectivity index (χ4n) is 8.08. The largest absolute Gasteiger partial charge is 0.462 e. The van der Waals surface area contributed by atoms with E-state index in [1.165, 1.54) is 0 Å². The highest BCUT2D eigenvalue weighted by molar-refractivity contribution is 5.70. The Morgan fingerprint density at radius 2 is 1.30 bits per heavy atom. The third-order valence-corrected chi connectivity index (χ3v) is 12.2. The summed E-state index contributed by atoms with van der Waals surface area (Å²) in [6, 6.07) is -1.11. The normalized spacial score (nSPS) is 44.9. The topological polar surface area (TPSA) is 331 Å². The number of carbonyl (C=O) groups excluding carboxylic acids is 1. The van der Waals surface area contributed by atoms with Gasteiger partial charge in [-0.15, -0.1) is 0 Å². The second-order valence-electron chi connectivity index (χ2n) is 17.8. The Kier molecular flexibility index (Phi) is 24.6. The molecular formula is C47H74N4O15. The summed E-state index contributed by atoms with van der Waals surface area (Å²) in [5, 5.41) is 112. The van der Waals surface area contributed by atoms with Crippen molar-refractivity contribution in [3.63, 3.8) is 0 Å². The van der Waals surface area contributed by atoms with E-state index in [9.17, 15) is 55.9 Å². The number of azide groups is 1. The average molecular weight is 935 g/mol. The quantitative estimate of drug-likeness (QED) is 0.0830. The first kappa shape index (κ1) is 56.7. The Labute approximate surface area is 387 Å². The van der Waals surface area contributed by atoms with Crippen LogP contribution in [0.3, 0.4) is 0 Å². The number of allylic oxidation sites excluding steroid dienone is 12. The third kappa shape index (κ3) is 19.2. The summed E-state index contributed by atoms with van der Waals surface area (Å²) in [6.45, 7) is 6.56. The Hall–Kier alpha value is -3.60. The molecule has 0 amide bonds. The molecule has 0 radical (unpaired) electrons. The van der Waals surface area contributed by atoms with Gasteiger partial charge in [-0.2, -0.15) is 0 Å². The molecule has 2 bridgehead atoms. The van der Waals surface area contributed by atoms with Crippen LogP contribution in [0.15, 0.2) is 90.2 Å². The lowest BCUT2D eigenvalue weighted by molar-refractivity contribution is -0.309. The summed E-state index contributed by atoms with van der Waals surface area (Å²) in [5.41, 5.74) is 15.2. The zero-order chi connectivity index (χ0) is 49.0. The van der Waals surface area contributed by atoms with Crippen molar-refractivity contribution in [1.82, 2.24) is 0 Å². The summed E-state index contributed by atoms with van der Waals surface area (Å²) in [7, 11) is 0. The van der Waals surface area contributed by atoms with Gasteiger partial charge in [0.05, 0.1) is 79.6 Å². The Morgan fingerprint density at radius 1 is 0.712 bits per heavy atom. The second kappa shape index (κ2) is 28.7. The molecular weight excluding hydrogens is 861 g/mol. The van der Waals surface area contributed by atoms with E-state index in [4.69, 9.17) is 30.2 Å². The Morgan fingerprint density at radius 3 is 1.91 bits per heavy atom. The fraction of sp³-hybridized carbons (Fsp3) is 0.681. The van der Waals surface area contributed by atoms with Gasteiger partial charge in [-0.3, -0.25) is 4.79 Å². The van der Waals surface area contributed by atoms with Crippen molar-refractivity contribution in [2.45, 2.75) is 177 Å². The number of nitrogens with zero attached hydrogens (tertiary/aromatic N) is 3. The number of carbonyl (C=O) groups is 1. The molecule has 2 fully saturated rings. The highest BCUT2D eigenvalue weighted by Crippen LogP contribution is 2.38. The molecule has 3 heterocycles. The Balaban J connectivity index is 1.87. The summed E-state index contributed by atoms with van der Waals surface area (Å²) < 4.78 is 23.6. The van der Waals surface area contributed by atoms with E-state index in [2.05, 4.69) is 10.0 Å². The van der Waals surface area contributed by atoms with Crippen LogP contribution in [0.4, 0.5) is 0 Å². The van der Waals surface area contributed by atoms with Crippen LogP contribution >= 0.6 is 0 Å². The van der Waals surface area contributed by atoms with Crippen LogP contribution in [-0.2, 0) is 23.7 Å². The number of fused-ring (bicyclic) bond motifs is 2. The molecule has 0 aromatic rings. The van der Waals surface area contributed by atoms with E-state index in [-0.39, 0.29) is 38.1 Å². The molecule has 19 nitrogen and oxygen atoms in total. The first-order valence-corrected chi connectivity index (χ1v) is 22.7. The van der Waals surface area contributed by atoms with Crippen molar-refractivity contribution in [1.29, 1.82) is 0 Å². The molecule has 0 saturated carbocycles. The molecule has 0 aromatic carbocycles. The molecule has 3 aliphatic heterocycles. The molecule has 19 atom stereocenters. The van der Waals surface area contributed by atoms with Crippen molar-refractivity contribution >= 4 is 5.97 Å². The van der Waals surface area contributed by atoms with Gasteiger partial charge >= 0.3 is 5.97 Å². The van der Waals surface area contributed by atoms with Gasteiger partial charge < -0.3 is 75.7 Å². The van der Waals surface area contributed by atoms with Crippen molar-refractivity contribution < 1.29 is 74.8 Å². The van der Waals surface area contributed by atoms with Crippen LogP contribution in [0.25, 0.3) is 10.4 Å². The van der Waals surface area contributed by atoms with Gasteiger partial charge in [0.25, 0.3) is 0 Å². The maximum absolute atomic E-state index is 12.6. The van der Waals surface area contributed by atoms with Gasteiger partial charge in [0.15, 0.2) is 12.1 Å². The molecule has 19 heteroatoms. The number of esters is 1. The van der Waals surface area contributed by atoms with Gasteiger partial charge in [0, 0.05) is 54.9 Å². The fourth-order valence-corrected chi connectivity index (χ4v) is 8.08. The zero-order valence-electron chi connectivity index (χ0n) is 38.3. The molecule has 0 spiro atoms. The smallest absolute Gasteiger partial charge is 0.308 e. The second-order valence-corrected chi connectivity index (χ2v) is 17.8. The van der Waals surface area contributed by atoms with Crippen LogP contribution in [0.2, 0.25) is 0 Å². The van der Waals surface area contributed by atoms with Gasteiger partial charge in [-0.25, -0.2) is 0 Å². The minimum absolute atomic E-state index is 0.0833. The predicted molar refractivity (Wildman–Crippen MR) is 243 cm³/mol. The molecule has 66 heavy (non-hydrogen) atoms. The van der Waals surface area contributed by atoms with Crippen LogP contribution < -0.4 is 5.73 Å². The number of hydrogen-bond acceptors (Lipinski definition) is 17. The van der Waals surface area contributed by atoms with Gasteiger partial charge in [0.1, 0.15) is 12.2 Å². The maximum atomic E-state index is 12.6. The van der Waals surface area contributed by atoms with Gasteiger partial charge in [0.2, 0.25) is 0 Å². The molecule has 2 saturated heterocycles. The monoisotopic (exact) mass is 935 g/mol. The lowest BCUT2D eigenvalue weighted by atomic mass is 9.82. The number of ether oxygens (including phenoxy) is 4. The molecule has 3 aliphatic rings. The van der Waals surface area contributed by atoms with Crippen LogP contribution in [0.5, 0.6) is 0 Å². The first-order valence-electron chi connectivity index (χ1n) is 22.7. The lowest BCUT2D eigenvalue weighted by Gasteiger charge is -2.46. The summed E-state index contributed by atoms with van der Waals surface area (Å²) in [4.78, 5) is 15.4. The highest BCUT2D eigenvalue weighted by atomic mass is 16.7. The Bertz CT molecular complexity index is 1720. The van der Waals surface area contributed by atoms with E-state index in [0.29, 0.717) is 0 Å². The summed E-state index contributed by atoms with van der Waals surface area (Å²) in [6.07, 6.45) is 5.88. The molecule has 12 N–H and O–H groups in total. The van der Waals surface area contributed by atoms with Crippen LogP contribution in [0.1, 0.15) is 79.1 Å². The van der Waals surface area contributed by atoms with E-state index < -0.39 is 141 Å². The average Bonchev–Trinajstić information content (AvgIpc) is 3.24. The number of rotatable bonds is 4. The van der Waals surface area contributed by atoms with Crippen molar-refractivity contribution in [3.8, 4) is 0 Å². The van der Waals surface area contributed by atoms with E-state index in [1.54, 1.807) is 63.3 Å². The van der Waals surface area contributed by atoms with E-state index in [1.807, 2.05) is 49.5 Å². The van der Waals surface area contributed by atoms with Crippen molar-refractivity contribution in [2.24, 2.45) is 28.6 Å². The van der Waals surface area contributed by atoms with Crippen molar-refractivity contribution in [3.05, 3.63) is 95.5 Å². The predicted octanol–water partition coefficient (Wildman–Crippen LogP) is 1.94. The molecule has 372 valence electrons. The molecule has 3 rings (SSSR count). The lowest BCUT2D eigenvalue weighted by Crippen LogP contribution is -2.61. The highest BCUT2D eigenvalue weighted by Gasteiger charge is 2.48. The van der Waals surface area contributed by atoms with Gasteiger partial charge in [-0.05, 0) is 38.6 Å². The number of aliphatic hydroxyl groups excluding tert-OH is 9. The third-order valence-electron chi connectivity index (χ3n) is 12.2. The number of hydrogen-bond donors (Lipinski definition) is 11. The maximum Gasteiger partial charge on any atom is 0.308 e. The number of nitrogens with two attached hydrogens (primary N) is 1. The molecule has 0 aliphatic carbocycles. The molecule has 0 unspecified atom stereocenters. The minimum atomic E-state index is -2.19. The SMILES string of the molecule is C[C@@H]1[C@H](O)[C@@H](C)\C=C/C=C/C=C/C=C/C=C/C=C/C=C/[C@H](O[C@H]2O[C@@H](C)[C@H](O)[C@@H](N)[C@H]2O)C[C@@H]2O[C@](O)(C[C@@H](O)C[C@@H](O)[C@H](O)CC[C@@H](O)C[C@@H](O)CC(=O)O[C@H]1C)C[C@H](O)[C@H]2CN=[N+]=[N-]. The summed E-state index contributed by atoms with van der Waals surface area (Å²) >= 11 is 0. The van der Waals surface area contributed by atoms with E-state index in [0.717, 1.165) is 0 Å². The van der Waals surface area contributed by atoms with Gasteiger partial charge in [-0.1, -0.05) is 104 Å². The zero-order valence-corrected chi connectivity index (χ0v) is 38.3. The number of aliphatic hydroxyl groups is 10. The van der Waals surface area contributed by atoms with Crippen molar-refractivity contribution in [2.75, 3.05) is 6.54 Å².